The lowest BCUT2D eigenvalue weighted by atomic mass is 10.3. The molecule has 2 rings (SSSR count). The normalized spacial score (nSPS) is 11.0. The van der Waals surface area contributed by atoms with Crippen LogP contribution < -0.4 is 10.6 Å². The van der Waals surface area contributed by atoms with E-state index in [0.717, 1.165) is 36.8 Å². The predicted octanol–water partition coefficient (Wildman–Crippen LogP) is 2.85. The van der Waals surface area contributed by atoms with Gasteiger partial charge in [-0.05, 0) is 30.7 Å². The fraction of sp³-hybridized carbons (Fsp3) is 0.375. The molecule has 1 heterocycles. The van der Waals surface area contributed by atoms with Crippen molar-refractivity contribution in [3.63, 3.8) is 0 Å². The molecule has 0 amide bonds. The number of hydrogen-bond acceptors (Lipinski definition) is 3. The van der Waals surface area contributed by atoms with Crippen LogP contribution in [0.25, 0.3) is 5.69 Å². The highest BCUT2D eigenvalue weighted by atomic mass is 127. The first-order valence-corrected chi connectivity index (χ1v) is 7.83. The van der Waals surface area contributed by atoms with Gasteiger partial charge in [-0.1, -0.05) is 11.6 Å². The third kappa shape index (κ3) is 6.66. The number of guanidine groups is 1. The molecule has 24 heavy (non-hydrogen) atoms. The van der Waals surface area contributed by atoms with Crippen molar-refractivity contribution in [1.82, 2.24) is 20.4 Å². The van der Waals surface area contributed by atoms with E-state index in [4.69, 9.17) is 16.3 Å². The molecule has 0 aliphatic rings. The van der Waals surface area contributed by atoms with E-state index in [1.165, 1.54) is 0 Å². The van der Waals surface area contributed by atoms with Gasteiger partial charge in [0.15, 0.2) is 5.96 Å². The van der Waals surface area contributed by atoms with E-state index in [9.17, 15) is 0 Å². The van der Waals surface area contributed by atoms with Crippen molar-refractivity contribution < 1.29 is 4.74 Å². The van der Waals surface area contributed by atoms with Crippen molar-refractivity contribution >= 4 is 41.5 Å². The number of aromatic nitrogens is 2. The van der Waals surface area contributed by atoms with Gasteiger partial charge in [0.1, 0.15) is 0 Å². The van der Waals surface area contributed by atoms with Gasteiger partial charge in [0.25, 0.3) is 0 Å². The Balaban J connectivity index is 0.00000288. The van der Waals surface area contributed by atoms with Gasteiger partial charge in [-0.3, -0.25) is 4.99 Å². The third-order valence-corrected chi connectivity index (χ3v) is 3.48. The lowest BCUT2D eigenvalue weighted by Gasteiger charge is -2.10. The number of aliphatic imine (C=N–C) groups is 1. The molecule has 0 bridgehead atoms. The minimum absolute atomic E-state index is 0. The van der Waals surface area contributed by atoms with E-state index in [1.807, 2.05) is 41.3 Å². The molecule has 0 fully saturated rings. The number of nitrogens with zero attached hydrogens (tertiary/aromatic N) is 3. The molecule has 0 aliphatic heterocycles. The maximum Gasteiger partial charge on any atom is 0.191 e. The van der Waals surface area contributed by atoms with Gasteiger partial charge in [-0.25, -0.2) is 4.68 Å². The molecule has 0 unspecified atom stereocenters. The average molecular weight is 464 g/mol. The molecule has 2 aromatic rings. The monoisotopic (exact) mass is 463 g/mol. The van der Waals surface area contributed by atoms with Crippen LogP contribution in [0, 0.1) is 0 Å². The zero-order valence-electron chi connectivity index (χ0n) is 13.8. The molecule has 0 saturated carbocycles. The number of methoxy groups -OCH3 is 1. The Morgan fingerprint density at radius 1 is 1.29 bits per heavy atom. The van der Waals surface area contributed by atoms with E-state index in [-0.39, 0.29) is 24.0 Å². The van der Waals surface area contributed by atoms with E-state index in [0.29, 0.717) is 11.6 Å². The Kier molecular flexibility index (Phi) is 9.73. The Morgan fingerprint density at radius 3 is 2.71 bits per heavy atom. The Bertz CT molecular complexity index is 630. The Hall–Kier alpha value is -1.32. The predicted molar refractivity (Wildman–Crippen MR) is 109 cm³/mol. The zero-order chi connectivity index (χ0) is 16.5. The van der Waals surface area contributed by atoms with Crippen LogP contribution in [0.3, 0.4) is 0 Å². The highest BCUT2D eigenvalue weighted by Gasteiger charge is 2.03. The fourth-order valence-corrected chi connectivity index (χ4v) is 2.14. The summed E-state index contributed by atoms with van der Waals surface area (Å²) in [5.74, 6) is 0.764. The largest absolute Gasteiger partial charge is 0.385 e. The summed E-state index contributed by atoms with van der Waals surface area (Å²) >= 11 is 5.90. The van der Waals surface area contributed by atoms with Crippen LogP contribution in [0.4, 0.5) is 0 Å². The molecule has 0 spiro atoms. The minimum Gasteiger partial charge on any atom is -0.385 e. The van der Waals surface area contributed by atoms with Gasteiger partial charge < -0.3 is 15.4 Å². The van der Waals surface area contributed by atoms with Gasteiger partial charge in [-0.15, -0.1) is 24.0 Å². The summed E-state index contributed by atoms with van der Waals surface area (Å²) in [5.41, 5.74) is 2.04. The molecule has 0 saturated heterocycles. The summed E-state index contributed by atoms with van der Waals surface area (Å²) in [6.45, 7) is 2.20. The van der Waals surface area contributed by atoms with Gasteiger partial charge in [0, 0.05) is 50.6 Å². The standard InChI is InChI=1S/C16H22ClN5O.HI/c1-18-16(19-8-3-9-23-2)20-10-13-11-21-22(12-13)15-6-4-14(17)5-7-15;/h4-7,11-12H,3,8-10H2,1-2H3,(H2,18,19,20);1H. The van der Waals surface area contributed by atoms with E-state index in [1.54, 1.807) is 14.2 Å². The first-order chi connectivity index (χ1) is 11.2. The molecule has 2 N–H and O–H groups in total. The molecule has 0 radical (unpaired) electrons. The molecule has 1 aromatic carbocycles. The Labute approximate surface area is 164 Å². The first-order valence-electron chi connectivity index (χ1n) is 7.46. The van der Waals surface area contributed by atoms with Crippen LogP contribution in [0.15, 0.2) is 41.7 Å². The highest BCUT2D eigenvalue weighted by molar-refractivity contribution is 14.0. The van der Waals surface area contributed by atoms with Crippen LogP contribution in [0.2, 0.25) is 5.02 Å². The van der Waals surface area contributed by atoms with Crippen molar-refractivity contribution in [1.29, 1.82) is 0 Å². The molecular weight excluding hydrogens is 441 g/mol. The van der Waals surface area contributed by atoms with Gasteiger partial charge in [0.2, 0.25) is 0 Å². The maximum absolute atomic E-state index is 5.90. The van der Waals surface area contributed by atoms with Gasteiger partial charge in [0.05, 0.1) is 11.9 Å². The maximum atomic E-state index is 5.90. The van der Waals surface area contributed by atoms with Crippen LogP contribution in [0.1, 0.15) is 12.0 Å². The molecule has 132 valence electrons. The molecule has 0 aliphatic carbocycles. The van der Waals surface area contributed by atoms with E-state index >= 15 is 0 Å². The van der Waals surface area contributed by atoms with Crippen molar-refractivity contribution in [3.05, 3.63) is 47.2 Å². The average Bonchev–Trinajstić information content (AvgIpc) is 3.04. The van der Waals surface area contributed by atoms with Crippen molar-refractivity contribution in [2.75, 3.05) is 27.3 Å². The third-order valence-electron chi connectivity index (χ3n) is 3.23. The van der Waals surface area contributed by atoms with E-state index < -0.39 is 0 Å². The summed E-state index contributed by atoms with van der Waals surface area (Å²) in [4.78, 5) is 4.19. The smallest absolute Gasteiger partial charge is 0.191 e. The van der Waals surface area contributed by atoms with Gasteiger partial charge >= 0.3 is 0 Å². The number of rotatable bonds is 7. The van der Waals surface area contributed by atoms with Crippen LogP contribution >= 0.6 is 35.6 Å². The summed E-state index contributed by atoms with van der Waals surface area (Å²) in [7, 11) is 3.45. The quantitative estimate of drug-likeness (QED) is 0.287. The van der Waals surface area contributed by atoms with Crippen LogP contribution in [-0.2, 0) is 11.3 Å². The van der Waals surface area contributed by atoms with Crippen molar-refractivity contribution in [3.8, 4) is 5.69 Å². The Morgan fingerprint density at radius 2 is 2.04 bits per heavy atom. The number of ether oxygens (including phenoxy) is 1. The van der Waals surface area contributed by atoms with Crippen LogP contribution in [0.5, 0.6) is 0 Å². The summed E-state index contributed by atoms with van der Waals surface area (Å²) in [5, 5.41) is 11.6. The molecule has 8 heteroatoms. The molecular formula is C16H23ClIN5O. The lowest BCUT2D eigenvalue weighted by Crippen LogP contribution is -2.37. The second-order valence-corrected chi connectivity index (χ2v) is 5.40. The fourth-order valence-electron chi connectivity index (χ4n) is 2.02. The number of nitrogens with one attached hydrogen (secondary N) is 2. The molecule has 1 aromatic heterocycles. The van der Waals surface area contributed by atoms with Crippen molar-refractivity contribution in [2.45, 2.75) is 13.0 Å². The second-order valence-electron chi connectivity index (χ2n) is 4.97. The number of halogens is 2. The molecule has 0 atom stereocenters. The van der Waals surface area contributed by atoms with Crippen LogP contribution in [-0.4, -0.2) is 43.0 Å². The summed E-state index contributed by atoms with van der Waals surface area (Å²) < 4.78 is 6.84. The molecule has 6 nitrogen and oxygen atoms in total. The number of hydrogen-bond donors (Lipinski definition) is 2. The first kappa shape index (κ1) is 20.7. The SMILES string of the molecule is CN=C(NCCCOC)NCc1cnn(-c2ccc(Cl)cc2)c1.I. The lowest BCUT2D eigenvalue weighted by molar-refractivity contribution is 0.195. The summed E-state index contributed by atoms with van der Waals surface area (Å²) in [6.07, 6.45) is 4.75. The van der Waals surface area contributed by atoms with E-state index in [2.05, 4.69) is 20.7 Å². The topological polar surface area (TPSA) is 63.5 Å². The minimum atomic E-state index is 0. The summed E-state index contributed by atoms with van der Waals surface area (Å²) in [6, 6.07) is 7.57. The number of benzene rings is 1. The second kappa shape index (κ2) is 11.3. The van der Waals surface area contributed by atoms with Crippen molar-refractivity contribution in [2.24, 2.45) is 4.99 Å². The van der Waals surface area contributed by atoms with Gasteiger partial charge in [-0.2, -0.15) is 5.10 Å². The zero-order valence-corrected chi connectivity index (χ0v) is 16.9. The highest BCUT2D eigenvalue weighted by Crippen LogP contribution is 2.13.